The Kier molecular flexibility index (Phi) is 5.94. The van der Waals surface area contributed by atoms with Gasteiger partial charge in [0.25, 0.3) is 0 Å². The van der Waals surface area contributed by atoms with Crippen molar-refractivity contribution in [3.8, 4) is 0 Å². The molecule has 1 heterocycles. The summed E-state index contributed by atoms with van der Waals surface area (Å²) in [5.41, 5.74) is 2.06. The van der Waals surface area contributed by atoms with Crippen LogP contribution < -0.4 is 9.62 Å². The summed E-state index contributed by atoms with van der Waals surface area (Å²) in [5.74, 6) is -0.210. The van der Waals surface area contributed by atoms with Crippen molar-refractivity contribution in [2.45, 2.75) is 19.4 Å². The third kappa shape index (κ3) is 4.67. The number of carbonyl (C=O) groups excluding carboxylic acids is 1. The molecule has 28 heavy (non-hydrogen) atoms. The highest BCUT2D eigenvalue weighted by Gasteiger charge is 2.21. The molecule has 0 saturated heterocycles. The predicted molar refractivity (Wildman–Crippen MR) is 112 cm³/mol. The summed E-state index contributed by atoms with van der Waals surface area (Å²) in [6, 6.07) is 18.5. The molecule has 3 aromatic rings. The van der Waals surface area contributed by atoms with Crippen LogP contribution in [-0.4, -0.2) is 32.1 Å². The third-order valence-corrected chi connectivity index (χ3v) is 5.68. The molecule has 146 valence electrons. The van der Waals surface area contributed by atoms with Crippen LogP contribution in [0.4, 0.5) is 5.69 Å². The van der Waals surface area contributed by atoms with Gasteiger partial charge in [-0.1, -0.05) is 48.5 Å². The number of fused-ring (bicyclic) bond motifs is 1. The summed E-state index contributed by atoms with van der Waals surface area (Å²) in [6.45, 7) is 1.94. The van der Waals surface area contributed by atoms with Crippen LogP contribution in [0.25, 0.3) is 10.9 Å². The number of carbonyl (C=O) groups is 1. The molecule has 2 aromatic carbocycles. The quantitative estimate of drug-likeness (QED) is 0.664. The van der Waals surface area contributed by atoms with Gasteiger partial charge in [0.1, 0.15) is 0 Å². The van der Waals surface area contributed by atoms with Crippen molar-refractivity contribution in [1.82, 2.24) is 10.3 Å². The van der Waals surface area contributed by atoms with Crippen LogP contribution in [-0.2, 0) is 14.8 Å². The first-order valence-corrected chi connectivity index (χ1v) is 10.9. The van der Waals surface area contributed by atoms with Crippen molar-refractivity contribution >= 4 is 32.5 Å². The first-order chi connectivity index (χ1) is 13.4. The van der Waals surface area contributed by atoms with Crippen LogP contribution >= 0.6 is 0 Å². The molecule has 0 saturated carbocycles. The van der Waals surface area contributed by atoms with Crippen molar-refractivity contribution in [2.75, 3.05) is 17.1 Å². The lowest BCUT2D eigenvalue weighted by atomic mass is 10.1. The number of nitrogens with one attached hydrogen (secondary N) is 1. The van der Waals surface area contributed by atoms with Crippen LogP contribution in [0.3, 0.4) is 0 Å². The average molecular weight is 398 g/mol. The fourth-order valence-corrected chi connectivity index (χ4v) is 4.02. The second-order valence-electron chi connectivity index (χ2n) is 6.64. The van der Waals surface area contributed by atoms with Gasteiger partial charge in [0.05, 0.1) is 23.5 Å². The second kappa shape index (κ2) is 8.39. The van der Waals surface area contributed by atoms with Gasteiger partial charge in [-0.2, -0.15) is 0 Å². The molecule has 7 heteroatoms. The summed E-state index contributed by atoms with van der Waals surface area (Å²) in [4.78, 5) is 16.7. The normalized spacial score (nSPS) is 12.5. The van der Waals surface area contributed by atoms with E-state index in [2.05, 4.69) is 10.3 Å². The Hall–Kier alpha value is -2.93. The number of pyridine rings is 1. The van der Waals surface area contributed by atoms with E-state index in [4.69, 9.17) is 0 Å². The standard InChI is InChI=1S/C21H23N3O3S/c1-16(17-8-4-3-5-9-17)23-20(25)13-15-24(28(2,26)27)19-12-6-10-18-11-7-14-22-21(18)19/h3-12,14,16H,13,15H2,1-2H3,(H,23,25). The van der Waals surface area contributed by atoms with Crippen molar-refractivity contribution in [3.63, 3.8) is 0 Å². The number of sulfonamides is 1. The van der Waals surface area contributed by atoms with Gasteiger partial charge in [0, 0.05) is 24.5 Å². The highest BCUT2D eigenvalue weighted by atomic mass is 32.2. The van der Waals surface area contributed by atoms with Crippen LogP contribution in [0.1, 0.15) is 24.9 Å². The molecule has 1 N–H and O–H groups in total. The van der Waals surface area contributed by atoms with Gasteiger partial charge in [0.15, 0.2) is 0 Å². The first-order valence-electron chi connectivity index (χ1n) is 9.02. The number of hydrogen-bond acceptors (Lipinski definition) is 4. The summed E-state index contributed by atoms with van der Waals surface area (Å²) < 4.78 is 26.0. The molecule has 0 fully saturated rings. The minimum absolute atomic E-state index is 0.0435. The van der Waals surface area contributed by atoms with Crippen molar-refractivity contribution in [2.24, 2.45) is 0 Å². The van der Waals surface area contributed by atoms with Crippen LogP contribution in [0, 0.1) is 0 Å². The maximum absolute atomic E-state index is 12.4. The minimum atomic E-state index is -3.57. The Labute approximate surface area is 165 Å². The van der Waals surface area contributed by atoms with E-state index in [1.807, 2.05) is 49.4 Å². The highest BCUT2D eigenvalue weighted by Crippen LogP contribution is 2.26. The fraction of sp³-hybridized carbons (Fsp3) is 0.238. The summed E-state index contributed by atoms with van der Waals surface area (Å²) in [7, 11) is -3.57. The summed E-state index contributed by atoms with van der Waals surface area (Å²) >= 11 is 0. The van der Waals surface area contributed by atoms with Crippen molar-refractivity contribution in [3.05, 3.63) is 72.4 Å². The Balaban J connectivity index is 1.76. The molecule has 1 atom stereocenters. The summed E-state index contributed by atoms with van der Waals surface area (Å²) in [6.07, 6.45) is 2.81. The third-order valence-electron chi connectivity index (χ3n) is 4.50. The molecule has 1 amide bonds. The van der Waals surface area contributed by atoms with Gasteiger partial charge in [-0.15, -0.1) is 0 Å². The van der Waals surface area contributed by atoms with E-state index in [0.717, 1.165) is 17.2 Å². The van der Waals surface area contributed by atoms with Crippen molar-refractivity contribution < 1.29 is 13.2 Å². The minimum Gasteiger partial charge on any atom is -0.350 e. The number of amides is 1. The lowest BCUT2D eigenvalue weighted by molar-refractivity contribution is -0.121. The molecule has 1 unspecified atom stereocenters. The van der Waals surface area contributed by atoms with E-state index >= 15 is 0 Å². The molecule has 0 radical (unpaired) electrons. The van der Waals surface area contributed by atoms with E-state index < -0.39 is 10.0 Å². The van der Waals surface area contributed by atoms with E-state index in [-0.39, 0.29) is 24.9 Å². The Morgan fingerprint density at radius 3 is 2.50 bits per heavy atom. The lowest BCUT2D eigenvalue weighted by Gasteiger charge is -2.23. The number of benzene rings is 2. The van der Waals surface area contributed by atoms with Gasteiger partial charge in [-0.05, 0) is 24.6 Å². The molecular weight excluding hydrogens is 374 g/mol. The molecular formula is C21H23N3O3S. The monoisotopic (exact) mass is 397 g/mol. The molecule has 0 aliphatic heterocycles. The van der Waals surface area contributed by atoms with Gasteiger partial charge < -0.3 is 5.32 Å². The van der Waals surface area contributed by atoms with Crippen LogP contribution in [0.15, 0.2) is 66.9 Å². The molecule has 0 bridgehead atoms. The van der Waals surface area contributed by atoms with E-state index in [9.17, 15) is 13.2 Å². The lowest BCUT2D eigenvalue weighted by Crippen LogP contribution is -2.35. The zero-order valence-electron chi connectivity index (χ0n) is 15.9. The number of para-hydroxylation sites is 1. The number of aromatic nitrogens is 1. The maximum atomic E-state index is 12.4. The van der Waals surface area contributed by atoms with Crippen LogP contribution in [0.2, 0.25) is 0 Å². The summed E-state index contributed by atoms with van der Waals surface area (Å²) in [5, 5.41) is 3.76. The highest BCUT2D eigenvalue weighted by molar-refractivity contribution is 7.92. The molecule has 0 aliphatic carbocycles. The number of hydrogen-bond donors (Lipinski definition) is 1. The fourth-order valence-electron chi connectivity index (χ4n) is 3.10. The average Bonchev–Trinajstić information content (AvgIpc) is 2.68. The zero-order valence-corrected chi connectivity index (χ0v) is 16.7. The topological polar surface area (TPSA) is 79.4 Å². The van der Waals surface area contributed by atoms with Crippen LogP contribution in [0.5, 0.6) is 0 Å². The Bertz CT molecular complexity index is 1060. The van der Waals surface area contributed by atoms with Gasteiger partial charge in [0.2, 0.25) is 15.9 Å². The molecule has 3 rings (SSSR count). The number of rotatable bonds is 7. The van der Waals surface area contributed by atoms with Gasteiger partial charge in [-0.3, -0.25) is 14.1 Å². The molecule has 6 nitrogen and oxygen atoms in total. The van der Waals surface area contributed by atoms with Gasteiger partial charge in [-0.25, -0.2) is 8.42 Å². The van der Waals surface area contributed by atoms with E-state index in [1.54, 1.807) is 24.4 Å². The predicted octanol–water partition coefficient (Wildman–Crippen LogP) is 3.27. The first kappa shape index (κ1) is 19.8. The number of anilines is 1. The SMILES string of the molecule is CC(NC(=O)CCN(c1cccc2cccnc12)S(C)(=O)=O)c1ccccc1. The maximum Gasteiger partial charge on any atom is 0.232 e. The number of nitrogens with zero attached hydrogens (tertiary/aromatic N) is 2. The molecule has 1 aromatic heterocycles. The Morgan fingerprint density at radius 2 is 1.79 bits per heavy atom. The molecule has 0 aliphatic rings. The molecule has 0 spiro atoms. The van der Waals surface area contributed by atoms with E-state index in [1.165, 1.54) is 4.31 Å². The zero-order chi connectivity index (χ0) is 20.1. The Morgan fingerprint density at radius 1 is 1.07 bits per heavy atom. The van der Waals surface area contributed by atoms with Crippen molar-refractivity contribution in [1.29, 1.82) is 0 Å². The van der Waals surface area contributed by atoms with E-state index in [0.29, 0.717) is 11.2 Å². The smallest absolute Gasteiger partial charge is 0.232 e. The second-order valence-corrected chi connectivity index (χ2v) is 8.54. The van der Waals surface area contributed by atoms with Gasteiger partial charge >= 0.3 is 0 Å². The largest absolute Gasteiger partial charge is 0.350 e.